The van der Waals surface area contributed by atoms with Crippen LogP contribution in [0.2, 0.25) is 0 Å². The van der Waals surface area contributed by atoms with Gasteiger partial charge in [-0.3, -0.25) is 0 Å². The monoisotopic (exact) mass is 221 g/mol. The molecule has 0 fully saturated rings. The predicted octanol–water partition coefficient (Wildman–Crippen LogP) is -0.508. The van der Waals surface area contributed by atoms with Crippen LogP contribution in [0.15, 0.2) is 28.8 Å². The van der Waals surface area contributed by atoms with Crippen molar-refractivity contribution in [1.29, 1.82) is 0 Å². The normalized spacial score (nSPS) is 10.4. The summed E-state index contributed by atoms with van der Waals surface area (Å²) >= 11 is 0. The van der Waals surface area contributed by atoms with Gasteiger partial charge in [0.15, 0.2) is 5.95 Å². The average molecular weight is 221 g/mol. The molecule has 0 amide bonds. The van der Waals surface area contributed by atoms with Crippen LogP contribution < -0.4 is 20.3 Å². The van der Waals surface area contributed by atoms with E-state index in [0.717, 1.165) is 5.75 Å². The van der Waals surface area contributed by atoms with Crippen LogP contribution in [-0.4, -0.2) is 12.4 Å². The molecule has 84 valence electrons. The Kier molecular flexibility index (Phi) is 2.74. The summed E-state index contributed by atoms with van der Waals surface area (Å²) in [5, 5.41) is 14.8. The second-order valence-corrected chi connectivity index (χ2v) is 3.12. The minimum Gasteiger partial charge on any atom is -0.539 e. The molecule has 0 radical (unpaired) electrons. The lowest BCUT2D eigenvalue weighted by atomic mass is 10.3. The molecule has 0 atom stereocenters. The number of rotatable bonds is 3. The van der Waals surface area contributed by atoms with Crippen molar-refractivity contribution in [2.45, 2.75) is 6.54 Å². The topological polar surface area (TPSA) is 88.2 Å². The summed E-state index contributed by atoms with van der Waals surface area (Å²) in [6, 6.07) is 7.06. The van der Waals surface area contributed by atoms with E-state index in [1.54, 1.807) is 31.4 Å². The number of nitrogens with two attached hydrogens (primary N) is 1. The first-order valence-corrected chi connectivity index (χ1v) is 4.68. The Labute approximate surface area is 91.8 Å². The van der Waals surface area contributed by atoms with Crippen molar-refractivity contribution in [2.75, 3.05) is 7.11 Å². The summed E-state index contributed by atoms with van der Waals surface area (Å²) in [5.41, 5.74) is 6.46. The third kappa shape index (κ3) is 1.70. The van der Waals surface area contributed by atoms with Crippen molar-refractivity contribution >= 4 is 0 Å². The van der Waals surface area contributed by atoms with Gasteiger partial charge in [0.1, 0.15) is 5.75 Å². The van der Waals surface area contributed by atoms with Crippen LogP contribution in [0.25, 0.3) is 5.69 Å². The molecule has 0 aliphatic rings. The number of aromatic nitrogens is 2. The number of nitrogens with zero attached hydrogens (tertiary/aromatic N) is 2. The maximum absolute atomic E-state index is 11.2. The number of methoxy groups -OCH3 is 1. The van der Waals surface area contributed by atoms with Gasteiger partial charge in [-0.2, -0.15) is 0 Å². The van der Waals surface area contributed by atoms with E-state index in [1.807, 2.05) is 0 Å². The van der Waals surface area contributed by atoms with Crippen molar-refractivity contribution in [2.24, 2.45) is 5.73 Å². The highest BCUT2D eigenvalue weighted by molar-refractivity contribution is 5.31. The SMILES string of the molecule is COc1ccc(-[n+]2noc([O-])c2CN)cc1. The van der Waals surface area contributed by atoms with Crippen molar-refractivity contribution in [3.8, 4) is 17.4 Å². The van der Waals surface area contributed by atoms with Gasteiger partial charge in [-0.25, -0.2) is 0 Å². The standard InChI is InChI=1S/C10H11N3O3/c1-15-8-4-2-7(3-5-8)13-9(6-11)10(14)16-12-13/h2-5H,6,11H2,1H3. The molecule has 2 rings (SSSR count). The molecule has 2 N–H and O–H groups in total. The summed E-state index contributed by atoms with van der Waals surface area (Å²) in [6.45, 7) is 0.0777. The first-order chi connectivity index (χ1) is 7.76. The van der Waals surface area contributed by atoms with Gasteiger partial charge in [0.05, 0.1) is 18.9 Å². The van der Waals surface area contributed by atoms with Gasteiger partial charge in [0.2, 0.25) is 5.69 Å². The molecule has 2 aromatic rings. The second-order valence-electron chi connectivity index (χ2n) is 3.12. The highest BCUT2D eigenvalue weighted by Crippen LogP contribution is 2.13. The van der Waals surface area contributed by atoms with Gasteiger partial charge in [0.25, 0.3) is 5.69 Å². The van der Waals surface area contributed by atoms with E-state index < -0.39 is 5.95 Å². The molecule has 1 aromatic carbocycles. The van der Waals surface area contributed by atoms with Gasteiger partial charge in [-0.1, -0.05) is 0 Å². The molecule has 1 aromatic heterocycles. The van der Waals surface area contributed by atoms with Gasteiger partial charge >= 0.3 is 0 Å². The molecule has 0 unspecified atom stereocenters. The van der Waals surface area contributed by atoms with Gasteiger partial charge < -0.3 is 20.1 Å². The molecule has 0 aliphatic carbocycles. The van der Waals surface area contributed by atoms with E-state index >= 15 is 0 Å². The minimum absolute atomic E-state index is 0.0777. The summed E-state index contributed by atoms with van der Waals surface area (Å²) in [7, 11) is 1.58. The Balaban J connectivity index is 2.42. The van der Waals surface area contributed by atoms with E-state index in [4.69, 9.17) is 10.5 Å². The first kappa shape index (κ1) is 10.4. The molecule has 6 nitrogen and oxygen atoms in total. The Morgan fingerprint density at radius 3 is 2.69 bits per heavy atom. The van der Waals surface area contributed by atoms with E-state index in [-0.39, 0.29) is 6.54 Å². The molecule has 16 heavy (non-hydrogen) atoms. The van der Waals surface area contributed by atoms with Crippen LogP contribution in [0, 0.1) is 0 Å². The van der Waals surface area contributed by atoms with Crippen LogP contribution >= 0.6 is 0 Å². The van der Waals surface area contributed by atoms with Crippen molar-refractivity contribution < 1.29 is 19.0 Å². The summed E-state index contributed by atoms with van der Waals surface area (Å²) < 4.78 is 10.9. The smallest absolute Gasteiger partial charge is 0.253 e. The molecular weight excluding hydrogens is 210 g/mol. The highest BCUT2D eigenvalue weighted by atomic mass is 16.6. The molecule has 1 heterocycles. The first-order valence-electron chi connectivity index (χ1n) is 4.68. The predicted molar refractivity (Wildman–Crippen MR) is 51.9 cm³/mol. The Morgan fingerprint density at radius 1 is 1.44 bits per heavy atom. The van der Waals surface area contributed by atoms with Crippen molar-refractivity contribution in [1.82, 2.24) is 5.27 Å². The highest BCUT2D eigenvalue weighted by Gasteiger charge is 2.18. The molecule has 0 bridgehead atoms. The van der Waals surface area contributed by atoms with Gasteiger partial charge in [-0.05, 0) is 16.8 Å². The zero-order valence-electron chi connectivity index (χ0n) is 8.71. The molecule has 0 saturated heterocycles. The maximum atomic E-state index is 11.2. The van der Waals surface area contributed by atoms with Crippen LogP contribution in [0.5, 0.6) is 11.7 Å². The van der Waals surface area contributed by atoms with E-state index in [0.29, 0.717) is 11.4 Å². The third-order valence-electron chi connectivity index (χ3n) is 2.21. The molecule has 6 heteroatoms. The number of hydrogen-bond donors (Lipinski definition) is 1. The maximum Gasteiger partial charge on any atom is 0.253 e. The number of hydrogen-bond acceptors (Lipinski definition) is 5. The number of benzene rings is 1. The van der Waals surface area contributed by atoms with Gasteiger partial charge in [-0.15, -0.1) is 0 Å². The lowest BCUT2D eigenvalue weighted by molar-refractivity contribution is -0.677. The van der Waals surface area contributed by atoms with E-state index in [9.17, 15) is 5.11 Å². The third-order valence-corrected chi connectivity index (χ3v) is 2.21. The summed E-state index contributed by atoms with van der Waals surface area (Å²) in [5.74, 6) is 0.211. The van der Waals surface area contributed by atoms with E-state index in [2.05, 4.69) is 9.79 Å². The number of ether oxygens (including phenoxy) is 1. The second kappa shape index (κ2) is 4.19. The summed E-state index contributed by atoms with van der Waals surface area (Å²) in [4.78, 5) is 0. The lowest BCUT2D eigenvalue weighted by Crippen LogP contribution is -2.37. The average Bonchev–Trinajstić information content (AvgIpc) is 2.70. The van der Waals surface area contributed by atoms with Crippen LogP contribution in [0.3, 0.4) is 0 Å². The van der Waals surface area contributed by atoms with Crippen LogP contribution in [0.1, 0.15) is 5.69 Å². The van der Waals surface area contributed by atoms with Crippen molar-refractivity contribution in [3.05, 3.63) is 30.0 Å². The van der Waals surface area contributed by atoms with Gasteiger partial charge in [0, 0.05) is 12.1 Å². The fourth-order valence-corrected chi connectivity index (χ4v) is 1.36. The largest absolute Gasteiger partial charge is 0.539 e. The van der Waals surface area contributed by atoms with Crippen LogP contribution in [-0.2, 0) is 6.54 Å². The van der Waals surface area contributed by atoms with Crippen molar-refractivity contribution in [3.63, 3.8) is 0 Å². The molecular formula is C10H11N3O3. The van der Waals surface area contributed by atoms with E-state index in [1.165, 1.54) is 4.68 Å². The van der Waals surface area contributed by atoms with Crippen LogP contribution in [0.4, 0.5) is 0 Å². The zero-order chi connectivity index (χ0) is 11.5. The Hall–Kier alpha value is -2.08. The lowest BCUT2D eigenvalue weighted by Gasteiger charge is -1.98. The molecule has 0 spiro atoms. The fraction of sp³-hybridized carbons (Fsp3) is 0.200. The zero-order valence-corrected chi connectivity index (χ0v) is 8.71. The molecule has 0 aliphatic heterocycles. The quantitative estimate of drug-likeness (QED) is 0.705. The Bertz CT molecular complexity index is 479. The molecule has 0 saturated carbocycles. The minimum atomic E-state index is -0.515. The Morgan fingerprint density at radius 2 is 2.12 bits per heavy atom. The fourth-order valence-electron chi connectivity index (χ4n) is 1.36. The summed E-state index contributed by atoms with van der Waals surface area (Å²) in [6.07, 6.45) is 0.